The zero-order chi connectivity index (χ0) is 13.8. The molecule has 0 aliphatic rings. The van der Waals surface area contributed by atoms with E-state index < -0.39 is 0 Å². The van der Waals surface area contributed by atoms with Crippen LogP contribution < -0.4 is 11.1 Å². The average Bonchev–Trinajstić information content (AvgIpc) is 2.62. The molecule has 1 atom stereocenters. The molecule has 6 heteroatoms. The van der Waals surface area contributed by atoms with Crippen LogP contribution in [0.3, 0.4) is 0 Å². The van der Waals surface area contributed by atoms with E-state index in [0.29, 0.717) is 31.1 Å². The van der Waals surface area contributed by atoms with Crippen LogP contribution >= 0.6 is 0 Å². The van der Waals surface area contributed by atoms with E-state index in [2.05, 4.69) is 15.5 Å². The van der Waals surface area contributed by atoms with Crippen LogP contribution in [0.2, 0.25) is 0 Å². The van der Waals surface area contributed by atoms with Gasteiger partial charge in [0.1, 0.15) is 0 Å². The molecule has 18 heavy (non-hydrogen) atoms. The maximum absolute atomic E-state index is 11.6. The molecule has 3 N–H and O–H groups in total. The van der Waals surface area contributed by atoms with Gasteiger partial charge in [-0.2, -0.15) is 4.98 Å². The molecule has 0 radical (unpaired) electrons. The van der Waals surface area contributed by atoms with Crippen LogP contribution in [-0.4, -0.2) is 28.6 Å². The van der Waals surface area contributed by atoms with Crippen LogP contribution in [0, 0.1) is 12.3 Å². The second kappa shape index (κ2) is 5.95. The van der Waals surface area contributed by atoms with Crippen molar-refractivity contribution >= 4 is 5.91 Å². The molecular weight excluding hydrogens is 232 g/mol. The SMILES string of the molecule is Cc1noc(CCNC(=O)CC(N)C(C)(C)C)n1. The Balaban J connectivity index is 2.25. The first-order valence-corrected chi connectivity index (χ1v) is 6.10. The molecule has 1 aromatic heterocycles. The highest BCUT2D eigenvalue weighted by Gasteiger charge is 2.22. The topological polar surface area (TPSA) is 94.0 Å². The van der Waals surface area contributed by atoms with E-state index in [0.717, 1.165) is 0 Å². The number of carbonyl (C=O) groups is 1. The van der Waals surface area contributed by atoms with Crippen LogP contribution in [-0.2, 0) is 11.2 Å². The van der Waals surface area contributed by atoms with Gasteiger partial charge in [-0.3, -0.25) is 4.79 Å². The van der Waals surface area contributed by atoms with E-state index in [9.17, 15) is 4.79 Å². The number of nitrogens with one attached hydrogen (secondary N) is 1. The second-order valence-corrected chi connectivity index (χ2v) is 5.51. The highest BCUT2D eigenvalue weighted by atomic mass is 16.5. The van der Waals surface area contributed by atoms with Crippen LogP contribution in [0.1, 0.15) is 38.9 Å². The lowest BCUT2D eigenvalue weighted by Crippen LogP contribution is -2.40. The minimum atomic E-state index is -0.150. The summed E-state index contributed by atoms with van der Waals surface area (Å²) in [6.45, 7) is 8.30. The van der Waals surface area contributed by atoms with Crippen molar-refractivity contribution in [2.24, 2.45) is 11.1 Å². The first-order chi connectivity index (χ1) is 8.29. The van der Waals surface area contributed by atoms with Crippen molar-refractivity contribution in [2.45, 2.75) is 46.6 Å². The van der Waals surface area contributed by atoms with Crippen LogP contribution in [0.15, 0.2) is 4.52 Å². The van der Waals surface area contributed by atoms with Crippen molar-refractivity contribution in [3.63, 3.8) is 0 Å². The fourth-order valence-electron chi connectivity index (χ4n) is 1.33. The number of hydrogen-bond donors (Lipinski definition) is 2. The summed E-state index contributed by atoms with van der Waals surface area (Å²) in [5.41, 5.74) is 5.87. The van der Waals surface area contributed by atoms with Crippen molar-refractivity contribution in [1.29, 1.82) is 0 Å². The van der Waals surface area contributed by atoms with E-state index in [1.54, 1.807) is 6.92 Å². The van der Waals surface area contributed by atoms with Crippen LogP contribution in [0.5, 0.6) is 0 Å². The number of amides is 1. The lowest BCUT2D eigenvalue weighted by atomic mass is 9.85. The average molecular weight is 254 g/mol. The highest BCUT2D eigenvalue weighted by Crippen LogP contribution is 2.19. The summed E-state index contributed by atoms with van der Waals surface area (Å²) in [7, 11) is 0. The molecule has 0 aliphatic heterocycles. The number of carbonyl (C=O) groups excluding carboxylic acids is 1. The summed E-state index contributed by atoms with van der Waals surface area (Å²) < 4.78 is 4.94. The van der Waals surface area contributed by atoms with Gasteiger partial charge in [-0.15, -0.1) is 0 Å². The minimum Gasteiger partial charge on any atom is -0.356 e. The van der Waals surface area contributed by atoms with Gasteiger partial charge in [0.2, 0.25) is 11.8 Å². The molecule has 0 saturated heterocycles. The van der Waals surface area contributed by atoms with E-state index in [4.69, 9.17) is 10.3 Å². The van der Waals surface area contributed by atoms with Gasteiger partial charge >= 0.3 is 0 Å². The molecule has 1 rings (SSSR count). The maximum atomic E-state index is 11.6. The number of hydrogen-bond acceptors (Lipinski definition) is 5. The minimum absolute atomic E-state index is 0.0475. The first-order valence-electron chi connectivity index (χ1n) is 6.10. The predicted molar refractivity (Wildman–Crippen MR) is 67.8 cm³/mol. The Labute approximate surface area is 107 Å². The fourth-order valence-corrected chi connectivity index (χ4v) is 1.33. The molecular formula is C12H22N4O2. The predicted octanol–water partition coefficient (Wildman–Crippen LogP) is 0.800. The monoisotopic (exact) mass is 254 g/mol. The molecule has 6 nitrogen and oxygen atoms in total. The van der Waals surface area contributed by atoms with E-state index in [1.807, 2.05) is 20.8 Å². The standard InChI is InChI=1S/C12H22N4O2/c1-8-15-11(18-16-8)5-6-14-10(17)7-9(13)12(2,3)4/h9H,5-7,13H2,1-4H3,(H,14,17). The quantitative estimate of drug-likeness (QED) is 0.810. The Morgan fingerprint density at radius 3 is 2.67 bits per heavy atom. The van der Waals surface area contributed by atoms with Crippen molar-refractivity contribution in [1.82, 2.24) is 15.5 Å². The Bertz CT molecular complexity index is 395. The third kappa shape index (κ3) is 4.83. The Kier molecular flexibility index (Phi) is 4.84. The zero-order valence-corrected chi connectivity index (χ0v) is 11.5. The van der Waals surface area contributed by atoms with Crippen molar-refractivity contribution in [2.75, 3.05) is 6.54 Å². The Morgan fingerprint density at radius 2 is 2.17 bits per heavy atom. The summed E-state index contributed by atoms with van der Waals surface area (Å²) in [6.07, 6.45) is 0.865. The summed E-state index contributed by atoms with van der Waals surface area (Å²) in [5.74, 6) is 1.09. The van der Waals surface area contributed by atoms with Gasteiger partial charge in [0, 0.05) is 25.4 Å². The van der Waals surface area contributed by atoms with Gasteiger partial charge in [0.25, 0.3) is 0 Å². The van der Waals surface area contributed by atoms with Crippen LogP contribution in [0.4, 0.5) is 0 Å². The van der Waals surface area contributed by atoms with Gasteiger partial charge in [0.15, 0.2) is 5.82 Å². The van der Waals surface area contributed by atoms with Gasteiger partial charge in [0.05, 0.1) is 0 Å². The van der Waals surface area contributed by atoms with Gasteiger partial charge < -0.3 is 15.6 Å². The number of aryl methyl sites for hydroxylation is 1. The third-order valence-electron chi connectivity index (χ3n) is 2.75. The lowest BCUT2D eigenvalue weighted by molar-refractivity contribution is -0.121. The fraction of sp³-hybridized carbons (Fsp3) is 0.750. The lowest BCUT2D eigenvalue weighted by Gasteiger charge is -2.26. The first kappa shape index (κ1) is 14.6. The zero-order valence-electron chi connectivity index (χ0n) is 11.5. The Morgan fingerprint density at radius 1 is 1.50 bits per heavy atom. The third-order valence-corrected chi connectivity index (χ3v) is 2.75. The molecule has 1 unspecified atom stereocenters. The van der Waals surface area contributed by atoms with E-state index in [1.165, 1.54) is 0 Å². The molecule has 0 aromatic carbocycles. The normalized spacial score (nSPS) is 13.4. The highest BCUT2D eigenvalue weighted by molar-refractivity contribution is 5.76. The van der Waals surface area contributed by atoms with Gasteiger partial charge in [-0.1, -0.05) is 25.9 Å². The maximum Gasteiger partial charge on any atom is 0.228 e. The van der Waals surface area contributed by atoms with Gasteiger partial charge in [-0.25, -0.2) is 0 Å². The smallest absolute Gasteiger partial charge is 0.228 e. The number of nitrogens with two attached hydrogens (primary N) is 1. The molecule has 1 heterocycles. The van der Waals surface area contributed by atoms with Crippen molar-refractivity contribution in [3.8, 4) is 0 Å². The molecule has 1 amide bonds. The van der Waals surface area contributed by atoms with Gasteiger partial charge in [-0.05, 0) is 12.3 Å². The molecule has 102 valence electrons. The van der Waals surface area contributed by atoms with Crippen molar-refractivity contribution in [3.05, 3.63) is 11.7 Å². The summed E-state index contributed by atoms with van der Waals surface area (Å²) in [6, 6.07) is -0.150. The van der Waals surface area contributed by atoms with E-state index in [-0.39, 0.29) is 17.4 Å². The molecule has 1 aromatic rings. The summed E-state index contributed by atoms with van der Waals surface area (Å²) in [5, 5.41) is 6.47. The molecule has 0 aliphatic carbocycles. The number of nitrogens with zero attached hydrogens (tertiary/aromatic N) is 2. The number of aromatic nitrogens is 2. The molecule has 0 spiro atoms. The van der Waals surface area contributed by atoms with E-state index >= 15 is 0 Å². The number of rotatable bonds is 5. The van der Waals surface area contributed by atoms with Crippen LogP contribution in [0.25, 0.3) is 0 Å². The Hall–Kier alpha value is -1.43. The summed E-state index contributed by atoms with van der Waals surface area (Å²) in [4.78, 5) is 15.7. The summed E-state index contributed by atoms with van der Waals surface area (Å²) >= 11 is 0. The molecule has 0 fully saturated rings. The second-order valence-electron chi connectivity index (χ2n) is 5.51. The van der Waals surface area contributed by atoms with Crippen molar-refractivity contribution < 1.29 is 9.32 Å². The largest absolute Gasteiger partial charge is 0.356 e. The molecule has 0 bridgehead atoms. The molecule has 0 saturated carbocycles.